The number of rotatable bonds is 2. The van der Waals surface area contributed by atoms with Crippen molar-refractivity contribution in [3.05, 3.63) is 11.7 Å². The number of nitrogens with zero attached hydrogens (tertiary/aromatic N) is 2. The fraction of sp³-hybridized carbons (Fsp3) is 0.750. The summed E-state index contributed by atoms with van der Waals surface area (Å²) in [5.74, 6) is 1.19. The lowest BCUT2D eigenvalue weighted by Gasteiger charge is -2.00. The average Bonchev–Trinajstić information content (AvgIpc) is 2.71. The van der Waals surface area contributed by atoms with Crippen molar-refractivity contribution in [1.82, 2.24) is 15.5 Å². The molecule has 1 aliphatic rings. The minimum absolute atomic E-state index is 0.0946. The number of nitrogens with one attached hydrogen (secondary N) is 1. The van der Waals surface area contributed by atoms with E-state index in [1.54, 1.807) is 0 Å². The van der Waals surface area contributed by atoms with Crippen LogP contribution in [0.1, 0.15) is 31.1 Å². The van der Waals surface area contributed by atoms with Crippen LogP contribution >= 0.6 is 0 Å². The van der Waals surface area contributed by atoms with Gasteiger partial charge in [0, 0.05) is 19.4 Å². The number of aryl methyl sites for hydroxylation is 1. The molecule has 0 unspecified atom stereocenters. The molecule has 0 radical (unpaired) electrons. The molecule has 13 heavy (non-hydrogen) atoms. The molecule has 1 N–H and O–H groups in total. The lowest BCUT2D eigenvalue weighted by Crippen LogP contribution is -2.14. The summed E-state index contributed by atoms with van der Waals surface area (Å²) < 4.78 is 17.8. The molecule has 0 bridgehead atoms. The van der Waals surface area contributed by atoms with Crippen molar-refractivity contribution in [2.24, 2.45) is 0 Å². The van der Waals surface area contributed by atoms with Crippen LogP contribution < -0.4 is 5.32 Å². The highest BCUT2D eigenvalue weighted by atomic mass is 19.1. The second kappa shape index (κ2) is 3.41. The Bertz CT molecular complexity index is 289. The quantitative estimate of drug-likeness (QED) is 0.746. The smallest absolute Gasteiger partial charge is 0.243 e. The Labute approximate surface area is 75.5 Å². The molecule has 1 aromatic rings. The second-order valence-corrected chi connectivity index (χ2v) is 3.20. The normalized spacial score (nSPS) is 28.2. The highest BCUT2D eigenvalue weighted by Crippen LogP contribution is 2.23. The van der Waals surface area contributed by atoms with Gasteiger partial charge in [0.1, 0.15) is 6.17 Å². The summed E-state index contributed by atoms with van der Waals surface area (Å²) in [5.41, 5.74) is 0. The maximum Gasteiger partial charge on any atom is 0.243 e. The molecule has 1 aromatic heterocycles. The summed E-state index contributed by atoms with van der Waals surface area (Å²) in [5, 5.41) is 6.74. The van der Waals surface area contributed by atoms with Gasteiger partial charge >= 0.3 is 0 Å². The van der Waals surface area contributed by atoms with Crippen molar-refractivity contribution in [3.8, 4) is 0 Å². The number of hydrogen-bond acceptors (Lipinski definition) is 4. The van der Waals surface area contributed by atoms with Crippen LogP contribution in [-0.2, 0) is 6.42 Å². The fourth-order valence-corrected chi connectivity index (χ4v) is 1.43. The van der Waals surface area contributed by atoms with Gasteiger partial charge in [-0.25, -0.2) is 4.39 Å². The van der Waals surface area contributed by atoms with Crippen molar-refractivity contribution in [3.63, 3.8) is 0 Å². The molecule has 5 heteroatoms. The van der Waals surface area contributed by atoms with Gasteiger partial charge in [0.25, 0.3) is 0 Å². The number of hydrogen-bond donors (Lipinski definition) is 1. The minimum atomic E-state index is -0.790. The van der Waals surface area contributed by atoms with Crippen LogP contribution in [0, 0.1) is 0 Å². The summed E-state index contributed by atoms with van der Waals surface area (Å²) in [4.78, 5) is 4.14. The van der Waals surface area contributed by atoms with Crippen LogP contribution in [0.2, 0.25) is 0 Å². The largest absolute Gasteiger partial charge is 0.338 e. The lowest BCUT2D eigenvalue weighted by molar-refractivity contribution is 0.322. The molecule has 4 nitrogen and oxygen atoms in total. The summed E-state index contributed by atoms with van der Waals surface area (Å²) in [6.45, 7) is 2.34. The summed E-state index contributed by atoms with van der Waals surface area (Å²) in [7, 11) is 0. The Balaban J connectivity index is 2.08. The molecular formula is C8H12FN3O. The van der Waals surface area contributed by atoms with Gasteiger partial charge in [0.05, 0.1) is 6.04 Å². The summed E-state index contributed by atoms with van der Waals surface area (Å²) in [6, 6.07) is -0.0946. The van der Waals surface area contributed by atoms with Crippen LogP contribution in [0.15, 0.2) is 4.52 Å². The van der Waals surface area contributed by atoms with Crippen LogP contribution in [0.3, 0.4) is 0 Å². The Morgan fingerprint density at radius 1 is 1.69 bits per heavy atom. The highest BCUT2D eigenvalue weighted by molar-refractivity contribution is 4.97. The maximum absolute atomic E-state index is 12.8. The fourth-order valence-electron chi connectivity index (χ4n) is 1.43. The van der Waals surface area contributed by atoms with Gasteiger partial charge in [0.2, 0.25) is 5.89 Å². The maximum atomic E-state index is 12.8. The average molecular weight is 185 g/mol. The molecule has 0 aliphatic carbocycles. The topological polar surface area (TPSA) is 51.0 Å². The second-order valence-electron chi connectivity index (χ2n) is 3.20. The molecule has 0 saturated carbocycles. The van der Waals surface area contributed by atoms with E-state index in [1.165, 1.54) is 0 Å². The Morgan fingerprint density at radius 3 is 3.08 bits per heavy atom. The molecule has 1 saturated heterocycles. The van der Waals surface area contributed by atoms with E-state index in [-0.39, 0.29) is 6.04 Å². The van der Waals surface area contributed by atoms with E-state index in [0.717, 1.165) is 6.42 Å². The molecule has 2 heterocycles. The third-order valence-electron chi connectivity index (χ3n) is 2.18. The molecule has 0 spiro atoms. The van der Waals surface area contributed by atoms with Gasteiger partial charge in [-0.1, -0.05) is 12.1 Å². The molecule has 1 aliphatic heterocycles. The van der Waals surface area contributed by atoms with Gasteiger partial charge < -0.3 is 9.84 Å². The zero-order valence-corrected chi connectivity index (χ0v) is 7.46. The molecular weight excluding hydrogens is 173 g/mol. The van der Waals surface area contributed by atoms with Crippen molar-refractivity contribution < 1.29 is 8.91 Å². The third kappa shape index (κ3) is 1.70. The zero-order valence-electron chi connectivity index (χ0n) is 7.46. The Kier molecular flexibility index (Phi) is 2.26. The van der Waals surface area contributed by atoms with Gasteiger partial charge in [-0.3, -0.25) is 0 Å². The van der Waals surface area contributed by atoms with Crippen LogP contribution in [-0.4, -0.2) is 22.9 Å². The first-order valence-corrected chi connectivity index (χ1v) is 4.49. The Morgan fingerprint density at radius 2 is 2.54 bits per heavy atom. The van der Waals surface area contributed by atoms with Crippen LogP contribution in [0.5, 0.6) is 0 Å². The Hall–Kier alpha value is -0.970. The highest BCUT2D eigenvalue weighted by Gasteiger charge is 2.28. The molecule has 72 valence electrons. The SMILES string of the molecule is CCc1noc([C@H]2C[C@H](F)CN2)n1. The predicted molar refractivity (Wildman–Crippen MR) is 43.9 cm³/mol. The van der Waals surface area contributed by atoms with Crippen molar-refractivity contribution in [2.75, 3.05) is 6.54 Å². The molecule has 0 amide bonds. The lowest BCUT2D eigenvalue weighted by atomic mass is 10.2. The number of alkyl halides is 1. The van der Waals surface area contributed by atoms with Gasteiger partial charge in [0.15, 0.2) is 5.82 Å². The van der Waals surface area contributed by atoms with Crippen LogP contribution in [0.4, 0.5) is 4.39 Å². The minimum Gasteiger partial charge on any atom is -0.338 e. The molecule has 2 atom stereocenters. The molecule has 2 rings (SSSR count). The van der Waals surface area contributed by atoms with E-state index < -0.39 is 6.17 Å². The van der Waals surface area contributed by atoms with E-state index in [4.69, 9.17) is 4.52 Å². The monoisotopic (exact) mass is 185 g/mol. The first-order chi connectivity index (χ1) is 6.29. The van der Waals surface area contributed by atoms with E-state index in [0.29, 0.717) is 24.7 Å². The molecule has 1 fully saturated rings. The standard InChI is InChI=1S/C8H12FN3O/c1-2-7-11-8(13-12-7)6-3-5(9)4-10-6/h5-6,10H,2-4H2,1H3/t5-,6+/m0/s1. The summed E-state index contributed by atoms with van der Waals surface area (Å²) >= 11 is 0. The van der Waals surface area contributed by atoms with Crippen molar-refractivity contribution in [2.45, 2.75) is 32.0 Å². The van der Waals surface area contributed by atoms with Crippen LogP contribution in [0.25, 0.3) is 0 Å². The molecule has 0 aromatic carbocycles. The predicted octanol–water partition coefficient (Wildman–Crippen LogP) is 1.00. The van der Waals surface area contributed by atoms with Gasteiger partial charge in [-0.15, -0.1) is 0 Å². The zero-order chi connectivity index (χ0) is 9.26. The van der Waals surface area contributed by atoms with E-state index in [1.807, 2.05) is 6.92 Å². The van der Waals surface area contributed by atoms with E-state index in [2.05, 4.69) is 15.5 Å². The summed E-state index contributed by atoms with van der Waals surface area (Å²) in [6.07, 6.45) is 0.391. The van der Waals surface area contributed by atoms with Gasteiger partial charge in [-0.05, 0) is 0 Å². The number of aromatic nitrogens is 2. The van der Waals surface area contributed by atoms with Crippen molar-refractivity contribution >= 4 is 0 Å². The number of halogens is 1. The van der Waals surface area contributed by atoms with E-state index in [9.17, 15) is 4.39 Å². The first-order valence-electron chi connectivity index (χ1n) is 4.49. The third-order valence-corrected chi connectivity index (χ3v) is 2.18. The van der Waals surface area contributed by atoms with Gasteiger partial charge in [-0.2, -0.15) is 4.98 Å². The first kappa shape index (κ1) is 8.62. The van der Waals surface area contributed by atoms with Crippen molar-refractivity contribution in [1.29, 1.82) is 0 Å². The van der Waals surface area contributed by atoms with E-state index >= 15 is 0 Å².